The maximum atomic E-state index is 12.2. The smallest absolute Gasteiger partial charge is 0.383 e. The Bertz CT molecular complexity index is 812. The van der Waals surface area contributed by atoms with Gasteiger partial charge in [-0.25, -0.2) is 14.6 Å². The monoisotopic (exact) mass is 325 g/mol. The van der Waals surface area contributed by atoms with E-state index < -0.39 is 18.1 Å². The highest BCUT2D eigenvalue weighted by molar-refractivity contribution is 6.10. The van der Waals surface area contributed by atoms with Gasteiger partial charge in [-0.1, -0.05) is 24.3 Å². The van der Waals surface area contributed by atoms with E-state index in [4.69, 9.17) is 11.5 Å². The lowest BCUT2D eigenvalue weighted by Crippen LogP contribution is -2.28. The van der Waals surface area contributed by atoms with Crippen molar-refractivity contribution < 1.29 is 27.5 Å². The molecule has 2 rings (SSSR count). The van der Waals surface area contributed by atoms with E-state index in [1.807, 2.05) is 0 Å². The average Bonchev–Trinajstić information content (AvgIpc) is 2.46. The van der Waals surface area contributed by atoms with Crippen LogP contribution in [0.3, 0.4) is 0 Å². The second kappa shape index (κ2) is 5.95. The topological polar surface area (TPSA) is 108 Å². The Kier molecular flexibility index (Phi) is 4.21. The molecule has 4 N–H and O–H groups in total. The summed E-state index contributed by atoms with van der Waals surface area (Å²) >= 11 is 0. The fourth-order valence-electron chi connectivity index (χ4n) is 1.89. The van der Waals surface area contributed by atoms with Gasteiger partial charge in [0.1, 0.15) is 0 Å². The summed E-state index contributed by atoms with van der Waals surface area (Å²) in [7, 11) is 0. The van der Waals surface area contributed by atoms with Gasteiger partial charge in [0.2, 0.25) is 0 Å². The van der Waals surface area contributed by atoms with E-state index >= 15 is 0 Å². The molecule has 9 heteroatoms. The Hall–Kier alpha value is -3.10. The van der Waals surface area contributed by atoms with E-state index in [0.717, 1.165) is 0 Å². The molecule has 23 heavy (non-hydrogen) atoms. The summed E-state index contributed by atoms with van der Waals surface area (Å²) < 4.78 is 40.4. The molecule has 0 saturated carbocycles. The lowest BCUT2D eigenvalue weighted by Gasteiger charge is -2.09. The number of rotatable bonds is 2. The minimum absolute atomic E-state index is 0.215. The van der Waals surface area contributed by atoms with Crippen molar-refractivity contribution in [2.24, 2.45) is 16.5 Å². The number of fused-ring (bicyclic) bond motifs is 1. The predicted octanol–water partition coefficient (Wildman–Crippen LogP) is 1.99. The second-order valence-corrected chi connectivity index (χ2v) is 4.39. The van der Waals surface area contributed by atoms with Crippen molar-refractivity contribution in [3.05, 3.63) is 42.0 Å². The summed E-state index contributed by atoms with van der Waals surface area (Å²) in [5.41, 5.74) is 10.7. The fraction of sp³-hybridized carbons (Fsp3) is 0.0714. The molecule has 0 atom stereocenters. The Morgan fingerprint density at radius 2 is 1.61 bits per heavy atom. The Labute approximate surface area is 127 Å². The maximum absolute atomic E-state index is 12.2. The molecule has 0 aliphatic heterocycles. The van der Waals surface area contributed by atoms with Gasteiger partial charge in [-0.15, -0.1) is 0 Å². The van der Waals surface area contributed by atoms with Crippen LogP contribution in [-0.4, -0.2) is 24.1 Å². The summed E-state index contributed by atoms with van der Waals surface area (Å²) in [6.07, 6.45) is -5.26. The first kappa shape index (κ1) is 16.3. The molecule has 2 aromatic carbocycles. The molecule has 0 aromatic heterocycles. The van der Waals surface area contributed by atoms with E-state index in [1.54, 1.807) is 18.2 Å². The highest BCUT2D eigenvalue weighted by Gasteiger charge is 2.42. The minimum atomic E-state index is -5.26. The molecule has 0 aliphatic rings. The van der Waals surface area contributed by atoms with Crippen LogP contribution in [0, 0.1) is 0 Å². The number of nitrogens with zero attached hydrogens (tertiary/aromatic N) is 1. The number of esters is 2. The summed E-state index contributed by atoms with van der Waals surface area (Å²) in [4.78, 5) is 26.5. The van der Waals surface area contributed by atoms with Crippen molar-refractivity contribution in [2.45, 2.75) is 6.18 Å². The molecule has 0 radical (unpaired) electrons. The zero-order valence-electron chi connectivity index (χ0n) is 11.4. The average molecular weight is 325 g/mol. The van der Waals surface area contributed by atoms with Crippen molar-refractivity contribution in [3.8, 4) is 0 Å². The first-order valence-electron chi connectivity index (χ1n) is 6.15. The number of halogens is 3. The molecule has 0 spiro atoms. The van der Waals surface area contributed by atoms with E-state index in [0.29, 0.717) is 11.1 Å². The molecular weight excluding hydrogens is 315 g/mol. The fourth-order valence-corrected chi connectivity index (χ4v) is 1.89. The first-order valence-corrected chi connectivity index (χ1v) is 6.15. The van der Waals surface area contributed by atoms with Gasteiger partial charge in [0, 0.05) is 5.39 Å². The van der Waals surface area contributed by atoms with Gasteiger partial charge < -0.3 is 16.2 Å². The van der Waals surface area contributed by atoms with Gasteiger partial charge >= 0.3 is 18.1 Å². The highest BCUT2D eigenvalue weighted by Crippen LogP contribution is 2.29. The summed E-state index contributed by atoms with van der Waals surface area (Å²) in [6.45, 7) is 0. The Morgan fingerprint density at radius 1 is 1.00 bits per heavy atom. The number of ether oxygens (including phenoxy) is 1. The number of guanidine groups is 1. The molecule has 0 amide bonds. The van der Waals surface area contributed by atoms with Gasteiger partial charge in [-0.3, -0.25) is 0 Å². The van der Waals surface area contributed by atoms with Crippen molar-refractivity contribution >= 4 is 34.4 Å². The van der Waals surface area contributed by atoms with Gasteiger partial charge in [0.15, 0.2) is 5.96 Å². The Morgan fingerprint density at radius 3 is 2.17 bits per heavy atom. The van der Waals surface area contributed by atoms with Gasteiger partial charge in [0.25, 0.3) is 0 Å². The number of benzene rings is 2. The van der Waals surface area contributed by atoms with Crippen molar-refractivity contribution in [1.82, 2.24) is 0 Å². The van der Waals surface area contributed by atoms with Crippen LogP contribution in [-0.2, 0) is 9.53 Å². The van der Waals surface area contributed by atoms with Gasteiger partial charge in [-0.05, 0) is 17.5 Å². The molecule has 6 nitrogen and oxygen atoms in total. The van der Waals surface area contributed by atoms with Crippen LogP contribution in [0.1, 0.15) is 10.4 Å². The maximum Gasteiger partial charge on any atom is 0.491 e. The third kappa shape index (κ3) is 3.57. The highest BCUT2D eigenvalue weighted by atomic mass is 19.4. The zero-order chi connectivity index (χ0) is 17.2. The number of aliphatic imine (C=N–C) groups is 1. The number of carbonyl (C=O) groups is 2. The molecule has 0 fully saturated rings. The summed E-state index contributed by atoms with van der Waals surface area (Å²) in [5.74, 6) is -4.22. The molecule has 0 heterocycles. The zero-order valence-corrected chi connectivity index (χ0v) is 11.4. The minimum Gasteiger partial charge on any atom is -0.383 e. The number of nitrogens with two attached hydrogens (primary N) is 2. The first-order chi connectivity index (χ1) is 10.7. The largest absolute Gasteiger partial charge is 0.491 e. The van der Waals surface area contributed by atoms with Crippen LogP contribution < -0.4 is 11.5 Å². The van der Waals surface area contributed by atoms with Crippen LogP contribution in [0.4, 0.5) is 18.9 Å². The van der Waals surface area contributed by atoms with Crippen molar-refractivity contribution in [2.75, 3.05) is 0 Å². The molecule has 2 aromatic rings. The number of alkyl halides is 3. The Balaban J connectivity index is 2.49. The van der Waals surface area contributed by atoms with Crippen LogP contribution in [0.2, 0.25) is 0 Å². The van der Waals surface area contributed by atoms with Crippen LogP contribution in [0.25, 0.3) is 10.8 Å². The molecule has 0 bridgehead atoms. The quantitative estimate of drug-likeness (QED) is 0.380. The summed E-state index contributed by atoms with van der Waals surface area (Å²) in [5, 5.41) is 0.657. The third-order valence-corrected chi connectivity index (χ3v) is 2.79. The van der Waals surface area contributed by atoms with E-state index in [1.165, 1.54) is 18.2 Å². The number of hydrogen-bond donors (Lipinski definition) is 2. The van der Waals surface area contributed by atoms with Crippen LogP contribution in [0.15, 0.2) is 41.4 Å². The third-order valence-electron chi connectivity index (χ3n) is 2.79. The van der Waals surface area contributed by atoms with E-state index in [9.17, 15) is 22.8 Å². The van der Waals surface area contributed by atoms with Crippen molar-refractivity contribution in [1.29, 1.82) is 0 Å². The number of carbonyl (C=O) groups excluding carboxylic acids is 2. The van der Waals surface area contributed by atoms with Crippen LogP contribution >= 0.6 is 0 Å². The second-order valence-electron chi connectivity index (χ2n) is 4.39. The predicted molar refractivity (Wildman–Crippen MR) is 75.9 cm³/mol. The normalized spacial score (nSPS) is 11.1. The SMILES string of the molecule is NC(N)=Nc1ccc(C(=O)OC(=O)C(F)(F)F)c2ccccc12. The van der Waals surface area contributed by atoms with E-state index in [2.05, 4.69) is 9.73 Å². The van der Waals surface area contributed by atoms with E-state index in [-0.39, 0.29) is 16.9 Å². The standard InChI is InChI=1S/C14H10F3N3O3/c15-14(16,17)12(22)23-11(21)9-5-6-10(20-13(18)19)8-4-2-1-3-7(8)9/h1-6H,(H4,18,19,20). The lowest BCUT2D eigenvalue weighted by molar-refractivity contribution is -0.193. The van der Waals surface area contributed by atoms with Gasteiger partial charge in [0.05, 0.1) is 11.3 Å². The molecule has 120 valence electrons. The number of hydrogen-bond acceptors (Lipinski definition) is 4. The van der Waals surface area contributed by atoms with Crippen LogP contribution in [0.5, 0.6) is 0 Å². The van der Waals surface area contributed by atoms with Gasteiger partial charge in [-0.2, -0.15) is 13.2 Å². The van der Waals surface area contributed by atoms with Crippen molar-refractivity contribution in [3.63, 3.8) is 0 Å². The molecule has 0 aliphatic carbocycles. The molecular formula is C14H10F3N3O3. The molecule has 0 unspecified atom stereocenters. The summed E-state index contributed by atoms with van der Waals surface area (Å²) in [6, 6.07) is 8.73. The molecule has 0 saturated heterocycles. The lowest BCUT2D eigenvalue weighted by atomic mass is 10.0.